The second kappa shape index (κ2) is 7.95. The van der Waals surface area contributed by atoms with Crippen LogP contribution in [0.4, 0.5) is 5.69 Å². The van der Waals surface area contributed by atoms with Gasteiger partial charge >= 0.3 is 0 Å². The fourth-order valence-electron chi connectivity index (χ4n) is 1.45. The average Bonchev–Trinajstić information content (AvgIpc) is 2.33. The number of anilines is 1. The smallest absolute Gasteiger partial charge is 0.225 e. The highest BCUT2D eigenvalue weighted by atomic mass is 35.5. The Morgan fingerprint density at radius 2 is 2.17 bits per heavy atom. The predicted molar refractivity (Wildman–Crippen MR) is 74.4 cm³/mol. The molecule has 100 valence electrons. The monoisotopic (exact) mass is 270 g/mol. The molecule has 0 saturated heterocycles. The molecule has 1 aromatic carbocycles. The topological polar surface area (TPSA) is 50.4 Å². The lowest BCUT2D eigenvalue weighted by atomic mass is 10.3. The van der Waals surface area contributed by atoms with E-state index in [0.29, 0.717) is 36.0 Å². The van der Waals surface area contributed by atoms with Crippen LogP contribution in [0.5, 0.6) is 5.75 Å². The maximum atomic E-state index is 11.6. The van der Waals surface area contributed by atoms with Gasteiger partial charge in [-0.2, -0.15) is 0 Å². The molecule has 0 spiro atoms. The first-order valence-corrected chi connectivity index (χ1v) is 6.48. The molecule has 1 rings (SSSR count). The molecule has 1 amide bonds. The molecule has 18 heavy (non-hydrogen) atoms. The Morgan fingerprint density at radius 1 is 1.39 bits per heavy atom. The van der Waals surface area contributed by atoms with Crippen molar-refractivity contribution in [2.45, 2.75) is 20.3 Å². The van der Waals surface area contributed by atoms with Gasteiger partial charge in [0.05, 0.1) is 11.6 Å². The molecule has 0 unspecified atom stereocenters. The number of hydrogen-bond donors (Lipinski definition) is 2. The number of halogens is 1. The lowest BCUT2D eigenvalue weighted by Gasteiger charge is -2.09. The van der Waals surface area contributed by atoms with Crippen LogP contribution < -0.4 is 15.4 Å². The van der Waals surface area contributed by atoms with Crippen molar-refractivity contribution in [2.24, 2.45) is 0 Å². The van der Waals surface area contributed by atoms with Crippen LogP contribution in [0.3, 0.4) is 0 Å². The first-order valence-electron chi connectivity index (χ1n) is 6.10. The fraction of sp³-hybridized carbons (Fsp3) is 0.462. The second-order valence-electron chi connectivity index (χ2n) is 3.73. The minimum atomic E-state index is -0.0313. The molecule has 0 bridgehead atoms. The van der Waals surface area contributed by atoms with Crippen molar-refractivity contribution in [3.63, 3.8) is 0 Å². The Balaban J connectivity index is 2.52. The van der Waals surface area contributed by atoms with E-state index in [2.05, 4.69) is 10.6 Å². The first kappa shape index (κ1) is 14.8. The third kappa shape index (κ3) is 4.94. The Labute approximate surface area is 113 Å². The minimum absolute atomic E-state index is 0.0313. The maximum absolute atomic E-state index is 11.6. The number of ether oxygens (including phenoxy) is 1. The van der Waals surface area contributed by atoms with Gasteiger partial charge in [0.1, 0.15) is 5.75 Å². The number of carbonyl (C=O) groups excluding carboxylic acids is 1. The summed E-state index contributed by atoms with van der Waals surface area (Å²) in [5, 5.41) is 6.39. The summed E-state index contributed by atoms with van der Waals surface area (Å²) in [5.74, 6) is 0.598. The minimum Gasteiger partial charge on any atom is -0.492 e. The summed E-state index contributed by atoms with van der Waals surface area (Å²) >= 11 is 6.03. The van der Waals surface area contributed by atoms with Gasteiger partial charge in [0.2, 0.25) is 5.91 Å². The van der Waals surface area contributed by atoms with Gasteiger partial charge < -0.3 is 15.4 Å². The highest BCUT2D eigenvalue weighted by Gasteiger charge is 2.05. The van der Waals surface area contributed by atoms with E-state index in [0.717, 1.165) is 6.54 Å². The van der Waals surface area contributed by atoms with Gasteiger partial charge in [0.25, 0.3) is 0 Å². The Hall–Kier alpha value is -1.26. The summed E-state index contributed by atoms with van der Waals surface area (Å²) in [5.41, 5.74) is 0.685. The lowest BCUT2D eigenvalue weighted by Crippen LogP contribution is -2.21. The van der Waals surface area contributed by atoms with Gasteiger partial charge in [0.15, 0.2) is 0 Å². The SMILES string of the molecule is CCNCCC(=O)Nc1ccc(OCC)c(Cl)c1. The van der Waals surface area contributed by atoms with Crippen molar-refractivity contribution >= 4 is 23.2 Å². The van der Waals surface area contributed by atoms with E-state index in [1.165, 1.54) is 0 Å². The molecule has 4 nitrogen and oxygen atoms in total. The van der Waals surface area contributed by atoms with Gasteiger partial charge in [-0.15, -0.1) is 0 Å². The molecular weight excluding hydrogens is 252 g/mol. The van der Waals surface area contributed by atoms with Gasteiger partial charge in [-0.05, 0) is 31.7 Å². The third-order valence-corrected chi connectivity index (χ3v) is 2.59. The number of benzene rings is 1. The molecule has 0 aliphatic rings. The normalized spacial score (nSPS) is 10.2. The summed E-state index contributed by atoms with van der Waals surface area (Å²) in [6.07, 6.45) is 0.443. The molecular formula is C13H19ClN2O2. The van der Waals surface area contributed by atoms with Gasteiger partial charge in [0, 0.05) is 18.7 Å². The predicted octanol–water partition coefficient (Wildman–Crippen LogP) is 2.68. The third-order valence-electron chi connectivity index (χ3n) is 2.29. The van der Waals surface area contributed by atoms with Crippen molar-refractivity contribution in [2.75, 3.05) is 25.0 Å². The van der Waals surface area contributed by atoms with Crippen LogP contribution >= 0.6 is 11.6 Å². The zero-order valence-corrected chi connectivity index (χ0v) is 11.5. The summed E-state index contributed by atoms with van der Waals surface area (Å²) in [4.78, 5) is 11.6. The molecule has 0 fully saturated rings. The van der Waals surface area contributed by atoms with E-state index in [-0.39, 0.29) is 5.91 Å². The molecule has 0 aliphatic carbocycles. The summed E-state index contributed by atoms with van der Waals surface area (Å²) < 4.78 is 5.32. The van der Waals surface area contributed by atoms with Crippen LogP contribution in [-0.2, 0) is 4.79 Å². The highest BCUT2D eigenvalue weighted by molar-refractivity contribution is 6.32. The largest absolute Gasteiger partial charge is 0.492 e. The standard InChI is InChI=1S/C13H19ClN2O2/c1-3-15-8-7-13(17)16-10-5-6-12(18-4-2)11(14)9-10/h5-6,9,15H,3-4,7-8H2,1-2H3,(H,16,17). The highest BCUT2D eigenvalue weighted by Crippen LogP contribution is 2.27. The van der Waals surface area contributed by atoms with Crippen molar-refractivity contribution < 1.29 is 9.53 Å². The molecule has 5 heteroatoms. The second-order valence-corrected chi connectivity index (χ2v) is 4.14. The molecule has 0 atom stereocenters. The van der Waals surface area contributed by atoms with Crippen molar-refractivity contribution in [3.05, 3.63) is 23.2 Å². The number of rotatable bonds is 7. The van der Waals surface area contributed by atoms with Gasteiger partial charge in [-0.3, -0.25) is 4.79 Å². The van der Waals surface area contributed by atoms with Crippen molar-refractivity contribution in [3.8, 4) is 5.75 Å². The number of amides is 1. The van der Waals surface area contributed by atoms with Crippen LogP contribution in [0, 0.1) is 0 Å². The number of nitrogens with one attached hydrogen (secondary N) is 2. The van der Waals surface area contributed by atoms with Gasteiger partial charge in [-0.1, -0.05) is 18.5 Å². The zero-order valence-electron chi connectivity index (χ0n) is 10.8. The molecule has 0 heterocycles. The van der Waals surface area contributed by atoms with Gasteiger partial charge in [-0.25, -0.2) is 0 Å². The molecule has 0 saturated carbocycles. The van der Waals surface area contributed by atoms with E-state index in [4.69, 9.17) is 16.3 Å². The molecule has 2 N–H and O–H groups in total. The average molecular weight is 271 g/mol. The van der Waals surface area contributed by atoms with Crippen LogP contribution in [0.15, 0.2) is 18.2 Å². The van der Waals surface area contributed by atoms with Crippen LogP contribution in [0.2, 0.25) is 5.02 Å². The number of hydrogen-bond acceptors (Lipinski definition) is 3. The van der Waals surface area contributed by atoms with E-state index in [1.54, 1.807) is 18.2 Å². The summed E-state index contributed by atoms with van der Waals surface area (Å²) in [7, 11) is 0. The van der Waals surface area contributed by atoms with E-state index in [1.807, 2.05) is 13.8 Å². The Bertz CT molecular complexity index is 397. The molecule has 0 radical (unpaired) electrons. The quantitative estimate of drug-likeness (QED) is 0.749. The van der Waals surface area contributed by atoms with Crippen LogP contribution in [0.25, 0.3) is 0 Å². The lowest BCUT2D eigenvalue weighted by molar-refractivity contribution is -0.116. The Kier molecular flexibility index (Phi) is 6.54. The Morgan fingerprint density at radius 3 is 2.78 bits per heavy atom. The van der Waals surface area contributed by atoms with E-state index >= 15 is 0 Å². The summed E-state index contributed by atoms with van der Waals surface area (Å²) in [6, 6.07) is 5.23. The zero-order chi connectivity index (χ0) is 13.4. The molecule has 0 aromatic heterocycles. The molecule has 0 aliphatic heterocycles. The van der Waals surface area contributed by atoms with Crippen molar-refractivity contribution in [1.29, 1.82) is 0 Å². The van der Waals surface area contributed by atoms with Crippen molar-refractivity contribution in [1.82, 2.24) is 5.32 Å². The van der Waals surface area contributed by atoms with E-state index < -0.39 is 0 Å². The van der Waals surface area contributed by atoms with Crippen LogP contribution in [0.1, 0.15) is 20.3 Å². The van der Waals surface area contributed by atoms with E-state index in [9.17, 15) is 4.79 Å². The molecule has 1 aromatic rings. The fourth-order valence-corrected chi connectivity index (χ4v) is 1.69. The maximum Gasteiger partial charge on any atom is 0.225 e. The summed E-state index contributed by atoms with van der Waals surface area (Å²) in [6.45, 7) is 6.00. The number of carbonyl (C=O) groups is 1. The first-order chi connectivity index (χ1) is 8.67. The van der Waals surface area contributed by atoms with Crippen LogP contribution in [-0.4, -0.2) is 25.6 Å².